The standard InChI is InChI=1S/C13H9N.C12H11N/c1-3-7-12-10(5-1)9-11-6-2-4-8-13(11)14-12;1-3-7-11(8-4-1)13-12-9-5-2-6-10-12/h1-9H;1-10,13H. The summed E-state index contributed by atoms with van der Waals surface area (Å²) in [6.07, 6.45) is 0. The highest BCUT2D eigenvalue weighted by molar-refractivity contribution is 5.92. The number of nitrogens with zero attached hydrogens (tertiary/aromatic N) is 1. The van der Waals surface area contributed by atoms with E-state index in [9.17, 15) is 0 Å². The lowest BCUT2D eigenvalue weighted by atomic mass is 10.1. The van der Waals surface area contributed by atoms with Crippen LogP contribution >= 0.6 is 0 Å². The summed E-state index contributed by atoms with van der Waals surface area (Å²) in [6, 6.07) is 38.9. The molecule has 1 heterocycles. The summed E-state index contributed by atoms with van der Waals surface area (Å²) in [7, 11) is 0. The Labute approximate surface area is 159 Å². The van der Waals surface area contributed by atoms with Gasteiger partial charge in [0.25, 0.3) is 0 Å². The minimum atomic E-state index is 1.06. The van der Waals surface area contributed by atoms with Gasteiger partial charge in [-0.15, -0.1) is 0 Å². The van der Waals surface area contributed by atoms with Crippen molar-refractivity contribution < 1.29 is 0 Å². The fourth-order valence-electron chi connectivity index (χ4n) is 2.93. The second-order valence-electron chi connectivity index (χ2n) is 6.23. The Morgan fingerprint density at radius 1 is 0.444 bits per heavy atom. The highest BCUT2D eigenvalue weighted by Crippen LogP contribution is 2.18. The van der Waals surface area contributed by atoms with Gasteiger partial charge in [0.15, 0.2) is 0 Å². The molecular weight excluding hydrogens is 328 g/mol. The zero-order chi connectivity index (χ0) is 18.3. The molecule has 0 saturated heterocycles. The number of para-hydroxylation sites is 4. The van der Waals surface area contributed by atoms with Gasteiger partial charge in [-0.1, -0.05) is 72.8 Å². The van der Waals surface area contributed by atoms with Gasteiger partial charge in [-0.3, -0.25) is 0 Å². The van der Waals surface area contributed by atoms with Gasteiger partial charge in [0.1, 0.15) is 0 Å². The van der Waals surface area contributed by atoms with Crippen LogP contribution in [-0.2, 0) is 0 Å². The molecular formula is C25H20N2. The lowest BCUT2D eigenvalue weighted by molar-refractivity contribution is 1.50. The van der Waals surface area contributed by atoms with Crippen molar-refractivity contribution in [3.05, 3.63) is 115 Å². The van der Waals surface area contributed by atoms with E-state index in [2.05, 4.69) is 28.5 Å². The largest absolute Gasteiger partial charge is 0.356 e. The third-order valence-electron chi connectivity index (χ3n) is 4.26. The van der Waals surface area contributed by atoms with Gasteiger partial charge in [-0.25, -0.2) is 4.98 Å². The molecule has 1 N–H and O–H groups in total. The summed E-state index contributed by atoms with van der Waals surface area (Å²) in [4.78, 5) is 4.58. The predicted molar refractivity (Wildman–Crippen MR) is 115 cm³/mol. The Hall–Kier alpha value is -3.65. The first-order valence-electron chi connectivity index (χ1n) is 9.00. The van der Waals surface area contributed by atoms with Crippen LogP contribution < -0.4 is 5.32 Å². The van der Waals surface area contributed by atoms with Crippen LogP contribution in [0.25, 0.3) is 21.8 Å². The second kappa shape index (κ2) is 8.15. The van der Waals surface area contributed by atoms with E-state index in [0.717, 1.165) is 22.4 Å². The van der Waals surface area contributed by atoms with Crippen LogP contribution in [-0.4, -0.2) is 4.98 Å². The van der Waals surface area contributed by atoms with E-state index in [1.807, 2.05) is 97.1 Å². The van der Waals surface area contributed by atoms with Crippen molar-refractivity contribution in [3.8, 4) is 0 Å². The van der Waals surface area contributed by atoms with Crippen LogP contribution in [0.15, 0.2) is 115 Å². The number of anilines is 2. The normalized spacial score (nSPS) is 10.2. The van der Waals surface area contributed by atoms with Crippen LogP contribution in [0, 0.1) is 0 Å². The number of hydrogen-bond donors (Lipinski definition) is 1. The van der Waals surface area contributed by atoms with E-state index in [0.29, 0.717) is 0 Å². The van der Waals surface area contributed by atoms with Crippen molar-refractivity contribution in [2.24, 2.45) is 0 Å². The lowest BCUT2D eigenvalue weighted by Crippen LogP contribution is -1.87. The molecule has 27 heavy (non-hydrogen) atoms. The number of rotatable bonds is 2. The average molecular weight is 348 g/mol. The topological polar surface area (TPSA) is 24.9 Å². The number of nitrogens with one attached hydrogen (secondary N) is 1. The molecule has 0 spiro atoms. The fourth-order valence-corrected chi connectivity index (χ4v) is 2.93. The minimum absolute atomic E-state index is 1.06. The molecule has 1 aromatic heterocycles. The minimum Gasteiger partial charge on any atom is -0.356 e. The van der Waals surface area contributed by atoms with Crippen molar-refractivity contribution >= 4 is 33.2 Å². The average Bonchev–Trinajstić information content (AvgIpc) is 2.74. The molecule has 0 aliphatic carbocycles. The molecule has 0 saturated carbocycles. The highest BCUT2D eigenvalue weighted by atomic mass is 14.9. The highest BCUT2D eigenvalue weighted by Gasteiger charge is 1.96. The van der Waals surface area contributed by atoms with Crippen LogP contribution in [0.2, 0.25) is 0 Å². The summed E-state index contributed by atoms with van der Waals surface area (Å²) >= 11 is 0. The monoisotopic (exact) mass is 348 g/mol. The molecule has 5 aromatic rings. The molecule has 4 aromatic carbocycles. The summed E-state index contributed by atoms with van der Waals surface area (Å²) in [5, 5.41) is 5.70. The molecule has 0 radical (unpaired) electrons. The molecule has 2 heteroatoms. The van der Waals surface area contributed by atoms with Crippen molar-refractivity contribution in [2.75, 3.05) is 5.32 Å². The summed E-state index contributed by atoms with van der Waals surface area (Å²) in [5.74, 6) is 0. The molecule has 0 fully saturated rings. The maximum absolute atomic E-state index is 4.58. The molecule has 0 bridgehead atoms. The Balaban J connectivity index is 0.000000134. The quantitative estimate of drug-likeness (QED) is 0.354. The third kappa shape index (κ3) is 4.31. The first-order chi connectivity index (χ1) is 13.4. The molecule has 0 amide bonds. The van der Waals surface area contributed by atoms with E-state index in [1.165, 1.54) is 10.8 Å². The third-order valence-corrected chi connectivity index (χ3v) is 4.26. The van der Waals surface area contributed by atoms with E-state index >= 15 is 0 Å². The zero-order valence-corrected chi connectivity index (χ0v) is 14.9. The smallest absolute Gasteiger partial charge is 0.0709 e. The van der Waals surface area contributed by atoms with Crippen LogP contribution in [0.5, 0.6) is 0 Å². The van der Waals surface area contributed by atoms with Crippen molar-refractivity contribution in [3.63, 3.8) is 0 Å². The Morgan fingerprint density at radius 2 is 0.852 bits per heavy atom. The van der Waals surface area contributed by atoms with Gasteiger partial charge in [-0.2, -0.15) is 0 Å². The van der Waals surface area contributed by atoms with Crippen LogP contribution in [0.3, 0.4) is 0 Å². The van der Waals surface area contributed by atoms with E-state index < -0.39 is 0 Å². The van der Waals surface area contributed by atoms with Crippen molar-refractivity contribution in [2.45, 2.75) is 0 Å². The number of pyridine rings is 1. The molecule has 0 aliphatic rings. The molecule has 5 rings (SSSR count). The zero-order valence-electron chi connectivity index (χ0n) is 14.9. The van der Waals surface area contributed by atoms with E-state index in [-0.39, 0.29) is 0 Å². The van der Waals surface area contributed by atoms with Gasteiger partial charge >= 0.3 is 0 Å². The first kappa shape index (κ1) is 16.8. The fraction of sp³-hybridized carbons (Fsp3) is 0. The number of hydrogen-bond acceptors (Lipinski definition) is 2. The van der Waals surface area contributed by atoms with E-state index in [4.69, 9.17) is 0 Å². The molecule has 0 aliphatic heterocycles. The summed E-state index contributed by atoms with van der Waals surface area (Å²) in [5.41, 5.74) is 4.36. The van der Waals surface area contributed by atoms with Crippen molar-refractivity contribution in [1.82, 2.24) is 4.98 Å². The maximum atomic E-state index is 4.58. The van der Waals surface area contributed by atoms with Gasteiger partial charge in [0.2, 0.25) is 0 Å². The summed E-state index contributed by atoms with van der Waals surface area (Å²) in [6.45, 7) is 0. The Kier molecular flexibility index (Phi) is 5.07. The Bertz CT molecular complexity index is 993. The van der Waals surface area contributed by atoms with Gasteiger partial charge < -0.3 is 5.32 Å². The number of fused-ring (bicyclic) bond motifs is 2. The summed E-state index contributed by atoms with van der Waals surface area (Å²) < 4.78 is 0. The molecule has 0 atom stereocenters. The first-order valence-corrected chi connectivity index (χ1v) is 9.00. The molecule has 130 valence electrons. The predicted octanol–water partition coefficient (Wildman–Crippen LogP) is 6.82. The van der Waals surface area contributed by atoms with Crippen LogP contribution in [0.4, 0.5) is 11.4 Å². The number of aromatic nitrogens is 1. The number of benzene rings is 4. The SMILES string of the molecule is c1ccc(Nc2ccccc2)cc1.c1ccc2nc3ccccc3cc2c1. The lowest BCUT2D eigenvalue weighted by Gasteiger charge is -2.04. The molecule has 0 unspecified atom stereocenters. The van der Waals surface area contributed by atoms with E-state index in [1.54, 1.807) is 0 Å². The van der Waals surface area contributed by atoms with Crippen molar-refractivity contribution in [1.29, 1.82) is 0 Å². The van der Waals surface area contributed by atoms with Gasteiger partial charge in [-0.05, 0) is 42.5 Å². The van der Waals surface area contributed by atoms with Gasteiger partial charge in [0, 0.05) is 22.1 Å². The van der Waals surface area contributed by atoms with Gasteiger partial charge in [0.05, 0.1) is 11.0 Å². The maximum Gasteiger partial charge on any atom is 0.0709 e. The second-order valence-corrected chi connectivity index (χ2v) is 6.23. The molecule has 2 nitrogen and oxygen atoms in total. The Morgan fingerprint density at radius 3 is 1.33 bits per heavy atom. The van der Waals surface area contributed by atoms with Crippen LogP contribution in [0.1, 0.15) is 0 Å².